The van der Waals surface area contributed by atoms with Crippen molar-refractivity contribution in [3.05, 3.63) is 59.2 Å². The predicted octanol–water partition coefficient (Wildman–Crippen LogP) is 3.30. The Balaban J connectivity index is 1.45. The number of nitrogens with zero attached hydrogens (tertiary/aromatic N) is 1. The topological polar surface area (TPSA) is 112 Å². The smallest absolute Gasteiger partial charge is 0.319 e. The van der Waals surface area contributed by atoms with Gasteiger partial charge in [-0.1, -0.05) is 17.7 Å². The monoisotopic (exact) mass is 426 g/mol. The van der Waals surface area contributed by atoms with Crippen molar-refractivity contribution in [2.24, 2.45) is 0 Å². The third-order valence-electron chi connectivity index (χ3n) is 4.98. The zero-order valence-corrected chi connectivity index (χ0v) is 16.6. The van der Waals surface area contributed by atoms with Crippen LogP contribution in [0.2, 0.25) is 5.02 Å². The van der Waals surface area contributed by atoms with Gasteiger partial charge in [0.1, 0.15) is 6.04 Å². The normalized spacial score (nSPS) is 16.4. The summed E-state index contributed by atoms with van der Waals surface area (Å²) < 4.78 is 1.48. The molecule has 1 aromatic heterocycles. The molecule has 4 amide bonds. The van der Waals surface area contributed by atoms with Crippen molar-refractivity contribution in [1.29, 1.82) is 0 Å². The molecule has 9 heteroatoms. The summed E-state index contributed by atoms with van der Waals surface area (Å²) in [4.78, 5) is 35.6. The van der Waals surface area contributed by atoms with E-state index < -0.39 is 11.9 Å². The molecule has 4 rings (SSSR count). The second kappa shape index (κ2) is 8.08. The van der Waals surface area contributed by atoms with E-state index in [9.17, 15) is 19.5 Å². The van der Waals surface area contributed by atoms with Gasteiger partial charge in [0, 0.05) is 40.6 Å². The molecule has 4 N–H and O–H groups in total. The van der Waals surface area contributed by atoms with Crippen LogP contribution in [0.15, 0.2) is 48.7 Å². The summed E-state index contributed by atoms with van der Waals surface area (Å²) in [5.41, 5.74) is 1.45. The Bertz CT molecular complexity index is 1140. The Kier molecular flexibility index (Phi) is 5.33. The maximum Gasteiger partial charge on any atom is 0.319 e. The van der Waals surface area contributed by atoms with E-state index in [1.165, 1.54) is 4.57 Å². The van der Waals surface area contributed by atoms with Crippen LogP contribution in [0.25, 0.3) is 10.8 Å². The zero-order chi connectivity index (χ0) is 21.3. The Morgan fingerprint density at radius 1 is 1.20 bits per heavy atom. The largest absolute Gasteiger partial charge is 0.494 e. The molecule has 30 heavy (non-hydrogen) atoms. The SMILES string of the molecule is O=C1CCC(n2cc3cc(CNC(=O)Nc4ccc(Cl)cc4)ccc3c2O)C(=O)N1. The molecule has 1 saturated heterocycles. The van der Waals surface area contributed by atoms with Crippen LogP contribution in [0.5, 0.6) is 5.88 Å². The number of anilines is 1. The number of nitrogens with one attached hydrogen (secondary N) is 3. The third kappa shape index (κ3) is 4.08. The first-order valence-corrected chi connectivity index (χ1v) is 9.75. The molecule has 0 spiro atoms. The first-order valence-electron chi connectivity index (χ1n) is 9.37. The maximum absolute atomic E-state index is 12.1. The minimum atomic E-state index is -0.637. The van der Waals surface area contributed by atoms with Crippen LogP contribution in [-0.4, -0.2) is 27.5 Å². The molecule has 0 aliphatic carbocycles. The van der Waals surface area contributed by atoms with E-state index in [1.807, 2.05) is 6.07 Å². The van der Waals surface area contributed by atoms with Crippen LogP contribution < -0.4 is 16.0 Å². The molecular formula is C21H19ClN4O4. The third-order valence-corrected chi connectivity index (χ3v) is 5.23. The molecule has 154 valence electrons. The van der Waals surface area contributed by atoms with Gasteiger partial charge in [0.15, 0.2) is 5.88 Å². The molecule has 1 aliphatic heterocycles. The number of rotatable bonds is 4. The summed E-state index contributed by atoms with van der Waals surface area (Å²) in [5, 5.41) is 20.2. The number of benzene rings is 2. The number of amides is 4. The van der Waals surface area contributed by atoms with Crippen molar-refractivity contribution >= 4 is 45.9 Å². The highest BCUT2D eigenvalue weighted by Gasteiger charge is 2.29. The molecule has 2 aromatic carbocycles. The maximum atomic E-state index is 12.1. The van der Waals surface area contributed by atoms with Crippen molar-refractivity contribution in [1.82, 2.24) is 15.2 Å². The number of fused-ring (bicyclic) bond motifs is 1. The van der Waals surface area contributed by atoms with Gasteiger partial charge in [0.2, 0.25) is 11.8 Å². The number of carbonyl (C=O) groups excluding carboxylic acids is 3. The van der Waals surface area contributed by atoms with E-state index in [4.69, 9.17) is 11.6 Å². The van der Waals surface area contributed by atoms with Gasteiger partial charge in [-0.3, -0.25) is 14.9 Å². The molecular weight excluding hydrogens is 408 g/mol. The number of hydrogen-bond donors (Lipinski definition) is 4. The summed E-state index contributed by atoms with van der Waals surface area (Å²) in [5.74, 6) is -0.764. The standard InChI is InChI=1S/C21H19ClN4O4/c22-14-2-4-15(5-3-14)24-21(30)23-10-12-1-6-16-13(9-12)11-26(20(16)29)17-7-8-18(27)25-19(17)28/h1-6,9,11,17,29H,7-8,10H2,(H2,23,24,30)(H,25,27,28). The summed E-state index contributed by atoms with van der Waals surface area (Å²) in [6.45, 7) is 0.278. The molecule has 0 saturated carbocycles. The minimum Gasteiger partial charge on any atom is -0.494 e. The lowest BCUT2D eigenvalue weighted by molar-refractivity contribution is -0.135. The lowest BCUT2D eigenvalue weighted by Gasteiger charge is -2.22. The average molecular weight is 427 g/mol. The van der Waals surface area contributed by atoms with Gasteiger partial charge in [-0.25, -0.2) is 4.79 Å². The number of halogens is 1. The first-order chi connectivity index (χ1) is 14.4. The second-order valence-corrected chi connectivity index (χ2v) is 7.50. The lowest BCUT2D eigenvalue weighted by atomic mass is 10.1. The fraction of sp³-hybridized carbons (Fsp3) is 0.190. The lowest BCUT2D eigenvalue weighted by Crippen LogP contribution is -2.41. The van der Waals surface area contributed by atoms with Crippen molar-refractivity contribution in [2.75, 3.05) is 5.32 Å². The van der Waals surface area contributed by atoms with Gasteiger partial charge in [-0.05, 0) is 48.4 Å². The highest BCUT2D eigenvalue weighted by atomic mass is 35.5. The second-order valence-electron chi connectivity index (χ2n) is 7.06. The first kappa shape index (κ1) is 19.8. The van der Waals surface area contributed by atoms with Crippen molar-refractivity contribution in [3.63, 3.8) is 0 Å². The van der Waals surface area contributed by atoms with Crippen LogP contribution in [0.4, 0.5) is 10.5 Å². The Morgan fingerprint density at radius 3 is 2.70 bits per heavy atom. The van der Waals surface area contributed by atoms with Gasteiger partial charge >= 0.3 is 6.03 Å². The van der Waals surface area contributed by atoms with Crippen molar-refractivity contribution in [2.45, 2.75) is 25.4 Å². The number of carbonyl (C=O) groups is 3. The van der Waals surface area contributed by atoms with Crippen LogP contribution in [0.1, 0.15) is 24.4 Å². The number of aromatic nitrogens is 1. The molecule has 0 radical (unpaired) electrons. The van der Waals surface area contributed by atoms with E-state index >= 15 is 0 Å². The summed E-state index contributed by atoms with van der Waals surface area (Å²) in [6.07, 6.45) is 2.24. The van der Waals surface area contributed by atoms with Crippen molar-refractivity contribution in [3.8, 4) is 5.88 Å². The number of urea groups is 1. The molecule has 1 aliphatic rings. The van der Waals surface area contributed by atoms with Crippen LogP contribution >= 0.6 is 11.6 Å². The summed E-state index contributed by atoms with van der Waals surface area (Å²) in [6, 6.07) is 11.1. The van der Waals surface area contributed by atoms with Gasteiger partial charge in [0.25, 0.3) is 0 Å². The Labute approximate surface area is 176 Å². The molecule has 3 aromatic rings. The quantitative estimate of drug-likeness (QED) is 0.479. The van der Waals surface area contributed by atoms with Crippen LogP contribution in [0, 0.1) is 0 Å². The van der Waals surface area contributed by atoms with Gasteiger partial charge in [-0.15, -0.1) is 0 Å². The average Bonchev–Trinajstić information content (AvgIpc) is 3.04. The van der Waals surface area contributed by atoms with E-state index in [-0.39, 0.29) is 30.8 Å². The minimum absolute atomic E-state index is 0.0283. The molecule has 2 heterocycles. The molecule has 0 bridgehead atoms. The molecule has 1 atom stereocenters. The number of piperidine rings is 1. The fourth-order valence-corrected chi connectivity index (χ4v) is 3.58. The number of hydrogen-bond acceptors (Lipinski definition) is 4. The highest BCUT2D eigenvalue weighted by Crippen LogP contribution is 2.33. The highest BCUT2D eigenvalue weighted by molar-refractivity contribution is 6.30. The van der Waals surface area contributed by atoms with E-state index in [0.29, 0.717) is 22.5 Å². The Hall–Kier alpha value is -3.52. The Morgan fingerprint density at radius 2 is 1.97 bits per heavy atom. The van der Waals surface area contributed by atoms with Crippen molar-refractivity contribution < 1.29 is 19.5 Å². The van der Waals surface area contributed by atoms with E-state index in [0.717, 1.165) is 10.9 Å². The van der Waals surface area contributed by atoms with Crippen LogP contribution in [-0.2, 0) is 16.1 Å². The molecule has 1 unspecified atom stereocenters. The molecule has 8 nitrogen and oxygen atoms in total. The van der Waals surface area contributed by atoms with Gasteiger partial charge in [-0.2, -0.15) is 0 Å². The van der Waals surface area contributed by atoms with E-state index in [1.54, 1.807) is 42.6 Å². The van der Waals surface area contributed by atoms with Gasteiger partial charge in [0.05, 0.1) is 0 Å². The number of aromatic hydroxyl groups is 1. The van der Waals surface area contributed by atoms with Crippen LogP contribution in [0.3, 0.4) is 0 Å². The fourth-order valence-electron chi connectivity index (χ4n) is 3.46. The van der Waals surface area contributed by atoms with Gasteiger partial charge < -0.3 is 20.3 Å². The zero-order valence-electron chi connectivity index (χ0n) is 15.8. The summed E-state index contributed by atoms with van der Waals surface area (Å²) in [7, 11) is 0. The predicted molar refractivity (Wildman–Crippen MR) is 112 cm³/mol. The summed E-state index contributed by atoms with van der Waals surface area (Å²) >= 11 is 5.83. The molecule has 1 fully saturated rings. The number of imide groups is 1. The van der Waals surface area contributed by atoms with E-state index in [2.05, 4.69) is 16.0 Å².